The summed E-state index contributed by atoms with van der Waals surface area (Å²) in [6.45, 7) is 5.18. The van der Waals surface area contributed by atoms with E-state index >= 15 is 0 Å². The number of carbonyl (C=O) groups is 2. The highest BCUT2D eigenvalue weighted by Gasteiger charge is 2.28. The summed E-state index contributed by atoms with van der Waals surface area (Å²) >= 11 is 0. The van der Waals surface area contributed by atoms with Crippen molar-refractivity contribution in [3.63, 3.8) is 0 Å². The zero-order valence-corrected chi connectivity index (χ0v) is 18.7. The third-order valence-corrected chi connectivity index (χ3v) is 5.32. The van der Waals surface area contributed by atoms with E-state index in [2.05, 4.69) is 30.8 Å². The minimum atomic E-state index is -0.654. The van der Waals surface area contributed by atoms with Gasteiger partial charge >= 0.3 is 12.1 Å². The molecule has 0 bridgehead atoms. The number of rotatable bonds is 12. The number of amides is 1. The molecule has 0 atom stereocenters. The molecule has 2 aromatic rings. The van der Waals surface area contributed by atoms with Gasteiger partial charge in [-0.25, -0.2) is 20.4 Å². The molecule has 7 nitrogen and oxygen atoms in total. The number of ether oxygens (including phenoxy) is 3. The molecule has 1 amide bonds. The van der Waals surface area contributed by atoms with Crippen molar-refractivity contribution in [1.82, 2.24) is 5.01 Å². The molecule has 0 saturated carbocycles. The molecule has 0 heterocycles. The van der Waals surface area contributed by atoms with Gasteiger partial charge in [0.2, 0.25) is 0 Å². The van der Waals surface area contributed by atoms with Crippen LogP contribution < -0.4 is 5.84 Å². The molecule has 0 aliphatic heterocycles. The van der Waals surface area contributed by atoms with E-state index in [4.69, 9.17) is 20.1 Å². The first-order valence-corrected chi connectivity index (χ1v) is 11.0. The normalized spacial score (nSPS) is 12.3. The number of nitrogens with zero attached hydrogens (tertiary/aromatic N) is 1. The second-order valence-electron chi connectivity index (χ2n) is 7.60. The van der Waals surface area contributed by atoms with Gasteiger partial charge in [0, 0.05) is 25.1 Å². The Hall–Kier alpha value is -3.42. The summed E-state index contributed by atoms with van der Waals surface area (Å²) in [7, 11) is 0. The minimum absolute atomic E-state index is 0.000506. The van der Waals surface area contributed by atoms with Crippen molar-refractivity contribution < 1.29 is 23.8 Å². The fourth-order valence-electron chi connectivity index (χ4n) is 3.74. The highest BCUT2D eigenvalue weighted by Crippen LogP contribution is 2.44. The SMILES string of the molecule is C=CCOCCCCN(N)C(=O)OCC=CC(=O)OCC1c2ccccc2-c2ccccc21. The Morgan fingerprint density at radius 1 is 0.970 bits per heavy atom. The Balaban J connectivity index is 1.38. The predicted octanol–water partition coefficient (Wildman–Crippen LogP) is 4.19. The number of hydrogen-bond acceptors (Lipinski definition) is 6. The summed E-state index contributed by atoms with van der Waals surface area (Å²) in [5, 5.41) is 1.01. The fraction of sp³-hybridized carbons (Fsp3) is 0.308. The summed E-state index contributed by atoms with van der Waals surface area (Å²) in [6.07, 6.45) is 5.20. The van der Waals surface area contributed by atoms with E-state index in [9.17, 15) is 9.59 Å². The summed E-state index contributed by atoms with van der Waals surface area (Å²) in [5.74, 6) is 5.19. The number of hydrazine groups is 1. The lowest BCUT2D eigenvalue weighted by Crippen LogP contribution is -2.38. The van der Waals surface area contributed by atoms with Gasteiger partial charge in [-0.15, -0.1) is 6.58 Å². The lowest BCUT2D eigenvalue weighted by atomic mass is 9.98. The monoisotopic (exact) mass is 450 g/mol. The number of hydrogen-bond donors (Lipinski definition) is 1. The van der Waals surface area contributed by atoms with Crippen molar-refractivity contribution in [2.24, 2.45) is 5.84 Å². The molecule has 1 aliphatic carbocycles. The van der Waals surface area contributed by atoms with Crippen LogP contribution in [0.3, 0.4) is 0 Å². The molecule has 2 N–H and O–H groups in total. The van der Waals surface area contributed by atoms with Crippen molar-refractivity contribution >= 4 is 12.1 Å². The molecule has 2 aromatic carbocycles. The van der Waals surface area contributed by atoms with Crippen molar-refractivity contribution in [3.05, 3.63) is 84.5 Å². The van der Waals surface area contributed by atoms with Gasteiger partial charge in [-0.3, -0.25) is 0 Å². The fourth-order valence-corrected chi connectivity index (χ4v) is 3.74. The van der Waals surface area contributed by atoms with E-state index in [-0.39, 0.29) is 19.1 Å². The Morgan fingerprint density at radius 2 is 1.64 bits per heavy atom. The van der Waals surface area contributed by atoms with Gasteiger partial charge in [0.05, 0.1) is 6.61 Å². The number of carbonyl (C=O) groups excluding carboxylic acids is 2. The summed E-state index contributed by atoms with van der Waals surface area (Å²) < 4.78 is 15.8. The smallest absolute Gasteiger partial charge is 0.424 e. The molecule has 33 heavy (non-hydrogen) atoms. The standard InChI is InChI=1S/C26H30N2O5/c1-2-16-31-17-8-7-15-28(27)26(30)32-18-9-14-25(29)33-19-24-22-12-5-3-10-20(22)21-11-4-6-13-23(21)24/h2-6,9-14,24H,1,7-8,15-19,27H2. The zero-order valence-electron chi connectivity index (χ0n) is 18.7. The van der Waals surface area contributed by atoms with Gasteiger partial charge in [0.25, 0.3) is 0 Å². The van der Waals surface area contributed by atoms with Crippen molar-refractivity contribution in [3.8, 4) is 11.1 Å². The summed E-state index contributed by atoms with van der Waals surface area (Å²) in [4.78, 5) is 24.0. The zero-order chi connectivity index (χ0) is 23.5. The average molecular weight is 451 g/mol. The quantitative estimate of drug-likeness (QED) is 0.0992. The van der Waals surface area contributed by atoms with E-state index in [0.29, 0.717) is 26.2 Å². The first-order valence-electron chi connectivity index (χ1n) is 11.0. The van der Waals surface area contributed by atoms with Crippen LogP contribution in [0.1, 0.15) is 29.9 Å². The van der Waals surface area contributed by atoms with Crippen LogP contribution in [0.15, 0.2) is 73.3 Å². The molecule has 0 spiro atoms. The molecule has 7 heteroatoms. The van der Waals surface area contributed by atoms with E-state index in [1.165, 1.54) is 23.3 Å². The van der Waals surface area contributed by atoms with E-state index < -0.39 is 12.1 Å². The number of unbranched alkanes of at least 4 members (excludes halogenated alkanes) is 1. The first kappa shape index (κ1) is 24.2. The van der Waals surface area contributed by atoms with Crippen LogP contribution in [0.25, 0.3) is 11.1 Å². The van der Waals surface area contributed by atoms with Gasteiger partial charge in [-0.2, -0.15) is 0 Å². The maximum Gasteiger partial charge on any atom is 0.424 e. The third kappa shape index (κ3) is 6.78. The summed E-state index contributed by atoms with van der Waals surface area (Å²) in [5.41, 5.74) is 4.65. The van der Waals surface area contributed by atoms with Crippen LogP contribution in [0.4, 0.5) is 4.79 Å². The molecular formula is C26H30N2O5. The molecule has 0 radical (unpaired) electrons. The van der Waals surface area contributed by atoms with Gasteiger partial charge < -0.3 is 14.2 Å². The number of esters is 1. The maximum absolute atomic E-state index is 12.1. The van der Waals surface area contributed by atoms with E-state index in [0.717, 1.165) is 22.6 Å². The predicted molar refractivity (Wildman–Crippen MR) is 126 cm³/mol. The topological polar surface area (TPSA) is 91.1 Å². The van der Waals surface area contributed by atoms with Crippen LogP contribution in [0.5, 0.6) is 0 Å². The van der Waals surface area contributed by atoms with Crippen molar-refractivity contribution in [2.45, 2.75) is 18.8 Å². The van der Waals surface area contributed by atoms with Crippen LogP contribution in [-0.4, -0.2) is 50.0 Å². The highest BCUT2D eigenvalue weighted by molar-refractivity contribution is 5.83. The average Bonchev–Trinajstić information content (AvgIpc) is 3.16. The second-order valence-corrected chi connectivity index (χ2v) is 7.60. The molecule has 1 aliphatic rings. The number of benzene rings is 2. The van der Waals surface area contributed by atoms with Crippen molar-refractivity contribution in [1.29, 1.82) is 0 Å². The van der Waals surface area contributed by atoms with Gasteiger partial charge in [-0.05, 0) is 41.2 Å². The molecule has 3 rings (SSSR count). The van der Waals surface area contributed by atoms with Crippen LogP contribution in [0.2, 0.25) is 0 Å². The maximum atomic E-state index is 12.1. The lowest BCUT2D eigenvalue weighted by molar-refractivity contribution is -0.138. The summed E-state index contributed by atoms with van der Waals surface area (Å²) in [6, 6.07) is 16.3. The van der Waals surface area contributed by atoms with Crippen LogP contribution in [0, 0.1) is 0 Å². The minimum Gasteiger partial charge on any atom is -0.462 e. The van der Waals surface area contributed by atoms with Crippen LogP contribution in [-0.2, 0) is 19.0 Å². The van der Waals surface area contributed by atoms with Gasteiger partial charge in [-0.1, -0.05) is 54.6 Å². The van der Waals surface area contributed by atoms with E-state index in [1.54, 1.807) is 6.08 Å². The number of fused-ring (bicyclic) bond motifs is 3. The first-order chi connectivity index (χ1) is 16.1. The highest BCUT2D eigenvalue weighted by atomic mass is 16.6. The van der Waals surface area contributed by atoms with Crippen LogP contribution >= 0.6 is 0 Å². The van der Waals surface area contributed by atoms with Gasteiger partial charge in [0.1, 0.15) is 13.2 Å². The Labute approximate surface area is 194 Å². The van der Waals surface area contributed by atoms with Crippen molar-refractivity contribution in [2.75, 3.05) is 33.0 Å². The van der Waals surface area contributed by atoms with E-state index in [1.807, 2.05) is 24.3 Å². The molecule has 0 fully saturated rings. The molecule has 0 saturated heterocycles. The molecular weight excluding hydrogens is 420 g/mol. The Kier molecular flexibility index (Phi) is 9.23. The lowest BCUT2D eigenvalue weighted by Gasteiger charge is -2.15. The second kappa shape index (κ2) is 12.6. The Bertz CT molecular complexity index is 943. The molecule has 174 valence electrons. The van der Waals surface area contributed by atoms with Gasteiger partial charge in [0.15, 0.2) is 0 Å². The number of nitrogens with two attached hydrogens (primary N) is 1. The largest absolute Gasteiger partial charge is 0.462 e. The Morgan fingerprint density at radius 3 is 2.30 bits per heavy atom. The molecule has 0 aromatic heterocycles. The molecule has 0 unspecified atom stereocenters. The third-order valence-electron chi connectivity index (χ3n) is 5.32.